The molecule has 0 saturated heterocycles. The van der Waals surface area contributed by atoms with Gasteiger partial charge in [-0.1, -0.05) is 30.3 Å². The van der Waals surface area contributed by atoms with E-state index >= 15 is 0 Å². The Morgan fingerprint density at radius 2 is 1.84 bits per heavy atom. The van der Waals surface area contributed by atoms with Gasteiger partial charge in [0, 0.05) is 23.9 Å². The van der Waals surface area contributed by atoms with E-state index in [4.69, 9.17) is 0 Å². The minimum absolute atomic E-state index is 0.266. The topological polar surface area (TPSA) is 87.4 Å². The summed E-state index contributed by atoms with van der Waals surface area (Å²) in [6.07, 6.45) is 0. The fourth-order valence-electron chi connectivity index (χ4n) is 1.63. The molecule has 2 rings (SSSR count). The molecule has 2 aromatic rings. The molecule has 0 aliphatic heterocycles. The first kappa shape index (κ1) is 12.8. The second-order valence-corrected chi connectivity index (χ2v) is 3.89. The lowest BCUT2D eigenvalue weighted by Gasteiger charge is -2.09. The van der Waals surface area contributed by atoms with E-state index in [1.165, 1.54) is 12.1 Å². The minimum atomic E-state index is -0.608. The molecule has 0 radical (unpaired) electrons. The predicted octanol–water partition coefficient (Wildman–Crippen LogP) is 2.42. The second kappa shape index (κ2) is 5.83. The number of rotatable bonds is 5. The third-order valence-corrected chi connectivity index (χ3v) is 2.58. The van der Waals surface area contributed by atoms with Crippen LogP contribution in [0.3, 0.4) is 0 Å². The average Bonchev–Trinajstić information content (AvgIpc) is 2.41. The number of nitro benzene ring substituents is 1. The molecule has 2 aromatic carbocycles. The number of hydrazine groups is 1. The summed E-state index contributed by atoms with van der Waals surface area (Å²) in [5, 5.41) is 20.4. The van der Waals surface area contributed by atoms with Gasteiger partial charge in [0.05, 0.1) is 4.92 Å². The highest BCUT2D eigenvalue weighted by atomic mass is 16.6. The molecule has 6 heteroatoms. The summed E-state index contributed by atoms with van der Waals surface area (Å²) in [7, 11) is 0. The lowest BCUT2D eigenvalue weighted by atomic mass is 10.2. The molecule has 19 heavy (non-hydrogen) atoms. The number of benzene rings is 2. The largest absolute Gasteiger partial charge is 0.502 e. The van der Waals surface area contributed by atoms with Gasteiger partial charge in [-0.25, -0.2) is 5.43 Å². The highest BCUT2D eigenvalue weighted by Gasteiger charge is 2.15. The van der Waals surface area contributed by atoms with Crippen molar-refractivity contribution in [3.63, 3.8) is 0 Å². The quantitative estimate of drug-likeness (QED) is 0.567. The standard InChI is InChI=1S/C13H13N3O3/c17-13-10(5-4-8-12(13)16(18)19)9-14-15-11-6-2-1-3-7-11/h1-8,14-15,17H,9H2. The number of aromatic hydroxyl groups is 1. The van der Waals surface area contributed by atoms with Crippen molar-refractivity contribution in [1.82, 2.24) is 5.43 Å². The maximum atomic E-state index is 10.7. The SMILES string of the molecule is O=[N+]([O-])c1cccc(CNNc2ccccc2)c1O. The molecule has 0 saturated carbocycles. The monoisotopic (exact) mass is 259 g/mol. The number of nitrogens with one attached hydrogen (secondary N) is 2. The summed E-state index contributed by atoms with van der Waals surface area (Å²) in [6.45, 7) is 0.266. The Morgan fingerprint density at radius 1 is 1.11 bits per heavy atom. The van der Waals surface area contributed by atoms with Crippen LogP contribution in [-0.4, -0.2) is 10.0 Å². The van der Waals surface area contributed by atoms with Crippen molar-refractivity contribution in [3.8, 4) is 5.75 Å². The van der Waals surface area contributed by atoms with Crippen molar-refractivity contribution < 1.29 is 10.0 Å². The number of hydrogen-bond donors (Lipinski definition) is 3. The van der Waals surface area contributed by atoms with Gasteiger partial charge in [0.25, 0.3) is 0 Å². The van der Waals surface area contributed by atoms with Crippen molar-refractivity contribution in [2.75, 3.05) is 5.43 Å². The highest BCUT2D eigenvalue weighted by Crippen LogP contribution is 2.28. The fraction of sp³-hybridized carbons (Fsp3) is 0.0769. The summed E-state index contributed by atoms with van der Waals surface area (Å²) in [6, 6.07) is 13.9. The van der Waals surface area contributed by atoms with Crippen LogP contribution in [0.25, 0.3) is 0 Å². The zero-order valence-corrected chi connectivity index (χ0v) is 10.0. The molecule has 0 atom stereocenters. The van der Waals surface area contributed by atoms with E-state index in [1.54, 1.807) is 6.07 Å². The van der Waals surface area contributed by atoms with E-state index in [-0.39, 0.29) is 18.0 Å². The van der Waals surface area contributed by atoms with Crippen molar-refractivity contribution in [2.45, 2.75) is 6.54 Å². The third kappa shape index (κ3) is 3.20. The lowest BCUT2D eigenvalue weighted by Crippen LogP contribution is -2.20. The molecular formula is C13H13N3O3. The molecule has 0 spiro atoms. The van der Waals surface area contributed by atoms with E-state index in [0.29, 0.717) is 5.56 Å². The second-order valence-electron chi connectivity index (χ2n) is 3.89. The number of para-hydroxylation sites is 2. The zero-order valence-electron chi connectivity index (χ0n) is 10.0. The summed E-state index contributed by atoms with van der Waals surface area (Å²) in [5.74, 6) is -0.310. The molecule has 0 aliphatic carbocycles. The molecule has 3 N–H and O–H groups in total. The summed E-state index contributed by atoms with van der Waals surface area (Å²) >= 11 is 0. The molecule has 0 heterocycles. The van der Waals surface area contributed by atoms with Crippen LogP contribution in [0.2, 0.25) is 0 Å². The Bertz CT molecular complexity index is 573. The van der Waals surface area contributed by atoms with Crippen LogP contribution in [-0.2, 0) is 6.54 Å². The van der Waals surface area contributed by atoms with Gasteiger partial charge in [-0.3, -0.25) is 10.1 Å². The smallest absolute Gasteiger partial charge is 0.311 e. The van der Waals surface area contributed by atoms with Crippen LogP contribution in [0.15, 0.2) is 48.5 Å². The normalized spacial score (nSPS) is 10.1. The van der Waals surface area contributed by atoms with Crippen LogP contribution < -0.4 is 10.9 Å². The number of nitro groups is 1. The van der Waals surface area contributed by atoms with Gasteiger partial charge < -0.3 is 10.5 Å². The number of anilines is 1. The first-order valence-corrected chi connectivity index (χ1v) is 5.67. The van der Waals surface area contributed by atoms with Crippen molar-refractivity contribution in [1.29, 1.82) is 0 Å². The molecule has 98 valence electrons. The molecule has 6 nitrogen and oxygen atoms in total. The van der Waals surface area contributed by atoms with Crippen LogP contribution in [0.1, 0.15) is 5.56 Å². The Labute approximate surface area is 109 Å². The van der Waals surface area contributed by atoms with Gasteiger partial charge in [0.15, 0.2) is 5.75 Å². The lowest BCUT2D eigenvalue weighted by molar-refractivity contribution is -0.385. The zero-order chi connectivity index (χ0) is 13.7. The van der Waals surface area contributed by atoms with Gasteiger partial charge in [-0.2, -0.15) is 0 Å². The van der Waals surface area contributed by atoms with Gasteiger partial charge in [0.2, 0.25) is 0 Å². The Kier molecular flexibility index (Phi) is 3.94. The van der Waals surface area contributed by atoms with E-state index in [1.807, 2.05) is 30.3 Å². The molecule has 0 unspecified atom stereocenters. The van der Waals surface area contributed by atoms with Gasteiger partial charge in [0.1, 0.15) is 0 Å². The first-order chi connectivity index (χ1) is 9.18. The Morgan fingerprint density at radius 3 is 2.53 bits per heavy atom. The van der Waals surface area contributed by atoms with Gasteiger partial charge in [-0.15, -0.1) is 0 Å². The highest BCUT2D eigenvalue weighted by molar-refractivity contribution is 5.50. The van der Waals surface area contributed by atoms with Gasteiger partial charge >= 0.3 is 5.69 Å². The maximum absolute atomic E-state index is 10.7. The number of phenols is 1. The van der Waals surface area contributed by atoms with Crippen LogP contribution in [0, 0.1) is 10.1 Å². The number of phenolic OH excluding ortho intramolecular Hbond substituents is 1. The molecule has 0 bridgehead atoms. The third-order valence-electron chi connectivity index (χ3n) is 2.58. The first-order valence-electron chi connectivity index (χ1n) is 5.67. The Balaban J connectivity index is 2.00. The predicted molar refractivity (Wildman–Crippen MR) is 71.7 cm³/mol. The van der Waals surface area contributed by atoms with E-state index < -0.39 is 4.92 Å². The Hall–Kier alpha value is -2.60. The van der Waals surface area contributed by atoms with Crippen molar-refractivity contribution in [3.05, 3.63) is 64.2 Å². The van der Waals surface area contributed by atoms with E-state index in [2.05, 4.69) is 10.9 Å². The van der Waals surface area contributed by atoms with E-state index in [0.717, 1.165) is 5.69 Å². The minimum Gasteiger partial charge on any atom is -0.502 e. The molecule has 0 aromatic heterocycles. The molecular weight excluding hydrogens is 246 g/mol. The maximum Gasteiger partial charge on any atom is 0.311 e. The fourth-order valence-corrected chi connectivity index (χ4v) is 1.63. The number of nitrogens with zero attached hydrogens (tertiary/aromatic N) is 1. The van der Waals surface area contributed by atoms with Gasteiger partial charge in [-0.05, 0) is 12.1 Å². The summed E-state index contributed by atoms with van der Waals surface area (Å²) < 4.78 is 0. The average molecular weight is 259 g/mol. The van der Waals surface area contributed by atoms with Crippen molar-refractivity contribution >= 4 is 11.4 Å². The molecule has 0 fully saturated rings. The molecule has 0 aliphatic rings. The van der Waals surface area contributed by atoms with Crippen molar-refractivity contribution in [2.24, 2.45) is 0 Å². The number of hydrogen-bond acceptors (Lipinski definition) is 5. The van der Waals surface area contributed by atoms with Crippen LogP contribution in [0.4, 0.5) is 11.4 Å². The summed E-state index contributed by atoms with van der Waals surface area (Å²) in [5.41, 5.74) is 6.86. The molecule has 0 amide bonds. The van der Waals surface area contributed by atoms with Crippen LogP contribution in [0.5, 0.6) is 5.75 Å². The summed E-state index contributed by atoms with van der Waals surface area (Å²) in [4.78, 5) is 10.1. The van der Waals surface area contributed by atoms with Crippen LogP contribution >= 0.6 is 0 Å². The van der Waals surface area contributed by atoms with E-state index in [9.17, 15) is 15.2 Å².